The molecule has 5 atom stereocenters. The lowest BCUT2D eigenvalue weighted by Crippen LogP contribution is -2.52. The Bertz CT molecular complexity index is 1250. The van der Waals surface area contributed by atoms with Gasteiger partial charge in [-0.25, -0.2) is 0 Å². The third-order valence-electron chi connectivity index (χ3n) is 7.65. The molecule has 0 N–H and O–H groups in total. The van der Waals surface area contributed by atoms with Crippen molar-refractivity contribution in [2.24, 2.45) is 17.8 Å². The van der Waals surface area contributed by atoms with Gasteiger partial charge in [-0.15, -0.1) is 0 Å². The predicted molar refractivity (Wildman–Crippen MR) is 125 cm³/mol. The number of allylic oxidation sites excluding steroid dienone is 3. The Balaban J connectivity index is 1.35. The molecule has 2 bridgehead atoms. The monoisotopic (exact) mass is 438 g/mol. The third kappa shape index (κ3) is 3.01. The lowest BCUT2D eigenvalue weighted by atomic mass is 9.68. The van der Waals surface area contributed by atoms with Gasteiger partial charge < -0.3 is 9.47 Å². The van der Waals surface area contributed by atoms with Crippen molar-refractivity contribution in [3.63, 3.8) is 0 Å². The Kier molecular flexibility index (Phi) is 4.40. The van der Waals surface area contributed by atoms with E-state index in [-0.39, 0.29) is 23.4 Å². The molecule has 0 aliphatic heterocycles. The second kappa shape index (κ2) is 7.13. The smallest absolute Gasteiger partial charge is 0.170 e. The van der Waals surface area contributed by atoms with E-state index in [0.717, 1.165) is 11.3 Å². The summed E-state index contributed by atoms with van der Waals surface area (Å²) in [5, 5.41) is 0. The molecule has 0 heterocycles. The average Bonchev–Trinajstić information content (AvgIpc) is 3.36. The van der Waals surface area contributed by atoms with Crippen molar-refractivity contribution in [1.82, 2.24) is 0 Å². The SMILES string of the molecule is Cc1ccc(OC2=CC=CCC2(C)OC23C=CC(C2)C2C(=O)c4ccccc4C(=O)C23)cc1. The van der Waals surface area contributed by atoms with Gasteiger partial charge in [0.1, 0.15) is 17.1 Å². The zero-order chi connectivity index (χ0) is 22.8. The Morgan fingerprint density at radius 2 is 1.70 bits per heavy atom. The molecule has 1 saturated carbocycles. The molecule has 166 valence electrons. The molecule has 4 heteroatoms. The number of rotatable bonds is 4. The molecule has 2 aromatic rings. The van der Waals surface area contributed by atoms with Crippen LogP contribution in [0.5, 0.6) is 5.75 Å². The van der Waals surface area contributed by atoms with Crippen molar-refractivity contribution in [2.45, 2.75) is 37.9 Å². The number of hydrogen-bond acceptors (Lipinski definition) is 4. The van der Waals surface area contributed by atoms with Crippen LogP contribution in [0.4, 0.5) is 0 Å². The minimum absolute atomic E-state index is 0.0157. The van der Waals surface area contributed by atoms with Gasteiger partial charge in [0.25, 0.3) is 0 Å². The van der Waals surface area contributed by atoms with Crippen molar-refractivity contribution in [1.29, 1.82) is 0 Å². The maximum Gasteiger partial charge on any atom is 0.170 e. The minimum atomic E-state index is -0.814. The van der Waals surface area contributed by atoms with Crippen LogP contribution in [0.3, 0.4) is 0 Å². The molecule has 4 aliphatic rings. The van der Waals surface area contributed by atoms with Crippen molar-refractivity contribution in [3.8, 4) is 5.75 Å². The van der Waals surface area contributed by atoms with Gasteiger partial charge in [0.15, 0.2) is 11.6 Å². The highest BCUT2D eigenvalue weighted by Gasteiger charge is 2.64. The first-order chi connectivity index (χ1) is 15.9. The summed E-state index contributed by atoms with van der Waals surface area (Å²) in [4.78, 5) is 27.1. The number of hydrogen-bond donors (Lipinski definition) is 0. The van der Waals surface area contributed by atoms with Crippen LogP contribution in [0, 0.1) is 24.7 Å². The van der Waals surface area contributed by atoms with E-state index < -0.39 is 17.1 Å². The average molecular weight is 439 g/mol. The fourth-order valence-corrected chi connectivity index (χ4v) is 6.06. The molecule has 33 heavy (non-hydrogen) atoms. The van der Waals surface area contributed by atoms with E-state index in [9.17, 15) is 9.59 Å². The molecule has 4 aliphatic carbocycles. The van der Waals surface area contributed by atoms with E-state index in [1.165, 1.54) is 0 Å². The number of ketones is 2. The van der Waals surface area contributed by atoms with E-state index >= 15 is 0 Å². The number of fused-ring (bicyclic) bond motifs is 6. The first-order valence-corrected chi connectivity index (χ1v) is 11.6. The molecule has 0 radical (unpaired) electrons. The molecule has 4 nitrogen and oxygen atoms in total. The fourth-order valence-electron chi connectivity index (χ4n) is 6.06. The second-order valence-corrected chi connectivity index (χ2v) is 9.87. The van der Waals surface area contributed by atoms with Gasteiger partial charge in [-0.2, -0.15) is 0 Å². The van der Waals surface area contributed by atoms with Gasteiger partial charge in [-0.05, 0) is 44.4 Å². The maximum absolute atomic E-state index is 13.7. The molecule has 0 saturated heterocycles. The molecule has 2 aromatic carbocycles. The minimum Gasteiger partial charge on any atom is -0.459 e. The van der Waals surface area contributed by atoms with E-state index in [1.54, 1.807) is 12.1 Å². The Morgan fingerprint density at radius 3 is 2.45 bits per heavy atom. The summed E-state index contributed by atoms with van der Waals surface area (Å²) in [7, 11) is 0. The number of carbonyl (C=O) groups is 2. The third-order valence-corrected chi connectivity index (χ3v) is 7.65. The second-order valence-electron chi connectivity index (χ2n) is 9.87. The van der Waals surface area contributed by atoms with Crippen LogP contribution in [0.1, 0.15) is 46.0 Å². The first-order valence-electron chi connectivity index (χ1n) is 11.6. The van der Waals surface area contributed by atoms with Crippen molar-refractivity contribution >= 4 is 11.6 Å². The molecule has 0 amide bonds. The summed E-state index contributed by atoms with van der Waals surface area (Å²) < 4.78 is 13.2. The van der Waals surface area contributed by atoms with E-state index in [4.69, 9.17) is 9.47 Å². The molecule has 1 fully saturated rings. The lowest BCUT2D eigenvalue weighted by molar-refractivity contribution is -0.128. The summed E-state index contributed by atoms with van der Waals surface area (Å²) in [5.74, 6) is 0.698. The van der Waals surface area contributed by atoms with Gasteiger partial charge in [0.2, 0.25) is 0 Å². The highest BCUT2D eigenvalue weighted by molar-refractivity contribution is 6.17. The Hall–Kier alpha value is -3.24. The standard InChI is InChI=1S/C29H26O4/c1-18-10-12-20(13-11-18)32-23-9-5-6-15-28(23,2)33-29-16-14-19(17-29)24-25(29)27(31)22-8-4-3-7-21(22)26(24)30/h3-14,16,19,24-25H,15,17H2,1-2H3. The van der Waals surface area contributed by atoms with Crippen molar-refractivity contribution in [3.05, 3.63) is 101 Å². The Morgan fingerprint density at radius 1 is 0.970 bits per heavy atom. The highest BCUT2D eigenvalue weighted by Crippen LogP contribution is 2.58. The van der Waals surface area contributed by atoms with Crippen molar-refractivity contribution < 1.29 is 19.1 Å². The van der Waals surface area contributed by atoms with Crippen LogP contribution in [0.2, 0.25) is 0 Å². The highest BCUT2D eigenvalue weighted by atomic mass is 16.6. The Labute approximate surface area is 193 Å². The molecule has 0 aromatic heterocycles. The van der Waals surface area contributed by atoms with Gasteiger partial charge in [-0.3, -0.25) is 9.59 Å². The van der Waals surface area contributed by atoms with E-state index in [0.29, 0.717) is 29.7 Å². The number of aryl methyl sites for hydroxylation is 1. The van der Waals surface area contributed by atoms with Crippen molar-refractivity contribution in [2.75, 3.05) is 0 Å². The van der Waals surface area contributed by atoms with Gasteiger partial charge in [0.05, 0.1) is 11.5 Å². The maximum atomic E-state index is 13.7. The fraction of sp³-hybridized carbons (Fsp3) is 0.310. The van der Waals surface area contributed by atoms with E-state index in [1.807, 2.05) is 68.5 Å². The van der Waals surface area contributed by atoms with Crippen LogP contribution < -0.4 is 4.74 Å². The van der Waals surface area contributed by atoms with Crippen LogP contribution in [-0.2, 0) is 4.74 Å². The number of ether oxygens (including phenoxy) is 2. The molecular formula is C29H26O4. The van der Waals surface area contributed by atoms with Crippen LogP contribution in [-0.4, -0.2) is 22.8 Å². The van der Waals surface area contributed by atoms with Gasteiger partial charge in [0, 0.05) is 23.5 Å². The molecule has 0 spiro atoms. The molecule has 5 unspecified atom stereocenters. The number of Topliss-reactive ketones (excluding diaryl/α,β-unsaturated/α-hetero) is 2. The quantitative estimate of drug-likeness (QED) is 0.581. The zero-order valence-corrected chi connectivity index (χ0v) is 18.8. The molecule has 6 rings (SSSR count). The number of carbonyl (C=O) groups excluding carboxylic acids is 2. The number of benzene rings is 2. The lowest BCUT2D eigenvalue weighted by Gasteiger charge is -2.44. The van der Waals surface area contributed by atoms with Gasteiger partial charge in [-0.1, -0.05) is 66.3 Å². The summed E-state index contributed by atoms with van der Waals surface area (Å²) in [5.41, 5.74) is 0.667. The normalized spacial score (nSPS) is 33.6. The largest absolute Gasteiger partial charge is 0.459 e. The summed E-state index contributed by atoms with van der Waals surface area (Å²) in [6.07, 6.45) is 11.3. The predicted octanol–water partition coefficient (Wildman–Crippen LogP) is 5.63. The molecular weight excluding hydrogens is 412 g/mol. The van der Waals surface area contributed by atoms with Crippen LogP contribution in [0.25, 0.3) is 0 Å². The first kappa shape index (κ1) is 20.4. The van der Waals surface area contributed by atoms with E-state index in [2.05, 4.69) is 12.2 Å². The summed E-state index contributed by atoms with van der Waals surface area (Å²) in [6.45, 7) is 4.06. The summed E-state index contributed by atoms with van der Waals surface area (Å²) >= 11 is 0. The van der Waals surface area contributed by atoms with Crippen LogP contribution >= 0.6 is 0 Å². The van der Waals surface area contributed by atoms with Gasteiger partial charge >= 0.3 is 0 Å². The van der Waals surface area contributed by atoms with Crippen LogP contribution in [0.15, 0.2) is 84.7 Å². The summed E-state index contributed by atoms with van der Waals surface area (Å²) in [6, 6.07) is 15.1. The zero-order valence-electron chi connectivity index (χ0n) is 18.8. The topological polar surface area (TPSA) is 52.6 Å².